The van der Waals surface area contributed by atoms with E-state index in [0.29, 0.717) is 0 Å². The van der Waals surface area contributed by atoms with Crippen molar-refractivity contribution in [3.8, 4) is 0 Å². The molecule has 0 aliphatic carbocycles. The van der Waals surface area contributed by atoms with E-state index in [4.69, 9.17) is 17.0 Å². The van der Waals surface area contributed by atoms with Gasteiger partial charge >= 0.3 is 0 Å². The van der Waals surface area contributed by atoms with Crippen molar-refractivity contribution in [1.29, 1.82) is 5.41 Å². The maximum Gasteiger partial charge on any atom is 0.0861 e. The molecule has 0 rings (SSSR count). The summed E-state index contributed by atoms with van der Waals surface area (Å²) in [7, 11) is 0. The van der Waals surface area contributed by atoms with E-state index in [1.807, 2.05) is 6.01 Å². The fourth-order valence-electron chi connectivity index (χ4n) is 0.695. The van der Waals surface area contributed by atoms with Crippen LogP contribution in [0.1, 0.15) is 25.7 Å². The fraction of sp³-hybridized carbons (Fsp3) is 0.857. The van der Waals surface area contributed by atoms with Gasteiger partial charge in [0, 0.05) is 12.4 Å². The topological polar surface area (TPSA) is 36.2 Å². The van der Waals surface area contributed by atoms with Crippen LogP contribution in [0.5, 0.6) is 0 Å². The normalized spacial score (nSPS) is 8.90. The number of hydrogen-bond donors (Lipinski definition) is 1. The lowest BCUT2D eigenvalue weighted by Crippen LogP contribution is -1.82. The number of hydrogen-bond acceptors (Lipinski definition) is 2. The van der Waals surface area contributed by atoms with Crippen molar-refractivity contribution in [2.24, 2.45) is 4.99 Å². The Morgan fingerprint density at radius 1 is 1.20 bits per heavy atom. The van der Waals surface area contributed by atoms with Crippen LogP contribution in [-0.4, -0.2) is 18.4 Å². The first kappa shape index (κ1) is 9.67. The van der Waals surface area contributed by atoms with Gasteiger partial charge in [-0.1, -0.05) is 12.8 Å². The van der Waals surface area contributed by atoms with Crippen LogP contribution in [0.3, 0.4) is 0 Å². The molecule has 0 heterocycles. The Morgan fingerprint density at radius 2 is 1.90 bits per heavy atom. The third-order valence-corrected chi connectivity index (χ3v) is 1.50. The Morgan fingerprint density at radius 3 is 2.50 bits per heavy atom. The molecule has 0 bridgehead atoms. The summed E-state index contributed by atoms with van der Waals surface area (Å²) in [6, 6.07) is 2.01. The average molecular weight is 161 g/mol. The first-order valence-electron chi connectivity index (χ1n) is 3.56. The van der Waals surface area contributed by atoms with Gasteiger partial charge in [-0.3, -0.25) is 0 Å². The molecule has 0 radical (unpaired) electrons. The van der Waals surface area contributed by atoms with Crippen LogP contribution >= 0.6 is 11.6 Å². The minimum Gasteiger partial charge on any atom is -0.242 e. The van der Waals surface area contributed by atoms with E-state index >= 15 is 0 Å². The monoisotopic (exact) mass is 160 g/mol. The van der Waals surface area contributed by atoms with Crippen LogP contribution in [0.2, 0.25) is 0 Å². The molecule has 0 fully saturated rings. The summed E-state index contributed by atoms with van der Waals surface area (Å²) < 4.78 is 0. The van der Waals surface area contributed by atoms with Crippen LogP contribution in [0.25, 0.3) is 0 Å². The van der Waals surface area contributed by atoms with E-state index in [1.54, 1.807) is 0 Å². The fourth-order valence-corrected chi connectivity index (χ4v) is 0.884. The number of nitrogens with zero attached hydrogens (tertiary/aromatic N) is 1. The van der Waals surface area contributed by atoms with Crippen molar-refractivity contribution in [3.05, 3.63) is 0 Å². The number of alkyl halides is 1. The number of unbranched alkanes of at least 4 members (excludes halogenated alkanes) is 3. The van der Waals surface area contributed by atoms with Crippen molar-refractivity contribution in [2.75, 3.05) is 12.4 Å². The molecule has 0 aromatic rings. The third kappa shape index (κ3) is 7.67. The summed E-state index contributed by atoms with van der Waals surface area (Å²) in [6.07, 6.45) is 4.49. The summed E-state index contributed by atoms with van der Waals surface area (Å²) in [5.74, 6) is 0.758. The minimum absolute atomic E-state index is 0.742. The molecule has 1 N–H and O–H groups in total. The molecule has 58 valence electrons. The van der Waals surface area contributed by atoms with E-state index in [1.165, 1.54) is 6.42 Å². The lowest BCUT2D eigenvalue weighted by atomic mass is 10.2. The van der Waals surface area contributed by atoms with Crippen LogP contribution in [0.4, 0.5) is 0 Å². The number of halogens is 1. The van der Waals surface area contributed by atoms with E-state index in [2.05, 4.69) is 4.99 Å². The van der Waals surface area contributed by atoms with Gasteiger partial charge in [0.1, 0.15) is 0 Å². The number of aliphatic imine (C=N–C) groups is 1. The summed E-state index contributed by atoms with van der Waals surface area (Å²) in [5, 5.41) is 6.48. The molecule has 0 spiro atoms. The summed E-state index contributed by atoms with van der Waals surface area (Å²) in [4.78, 5) is 3.65. The van der Waals surface area contributed by atoms with Crippen molar-refractivity contribution < 1.29 is 0 Å². The highest BCUT2D eigenvalue weighted by Gasteiger charge is 1.86. The Hall–Kier alpha value is -0.330. The molecular weight excluding hydrogens is 148 g/mol. The van der Waals surface area contributed by atoms with Crippen molar-refractivity contribution in [2.45, 2.75) is 25.7 Å². The van der Waals surface area contributed by atoms with E-state index in [0.717, 1.165) is 31.7 Å². The van der Waals surface area contributed by atoms with E-state index in [9.17, 15) is 0 Å². The second-order valence-corrected chi connectivity index (χ2v) is 2.47. The average Bonchev–Trinajstić information content (AvgIpc) is 1.97. The SMILES string of the molecule is N=C=NCCCCCCCl. The largest absolute Gasteiger partial charge is 0.242 e. The lowest BCUT2D eigenvalue weighted by molar-refractivity contribution is 0.678. The molecule has 0 saturated carbocycles. The zero-order valence-electron chi connectivity index (χ0n) is 6.07. The highest BCUT2D eigenvalue weighted by atomic mass is 35.5. The lowest BCUT2D eigenvalue weighted by Gasteiger charge is -1.93. The molecule has 0 atom stereocenters. The van der Waals surface area contributed by atoms with Crippen molar-refractivity contribution >= 4 is 17.6 Å². The molecule has 0 saturated heterocycles. The molecule has 10 heavy (non-hydrogen) atoms. The van der Waals surface area contributed by atoms with Gasteiger partial charge in [-0.15, -0.1) is 11.6 Å². The molecule has 0 amide bonds. The minimum atomic E-state index is 0.742. The van der Waals surface area contributed by atoms with Gasteiger partial charge in [0.2, 0.25) is 0 Å². The molecule has 2 nitrogen and oxygen atoms in total. The van der Waals surface area contributed by atoms with Crippen molar-refractivity contribution in [1.82, 2.24) is 0 Å². The molecule has 0 aromatic heterocycles. The van der Waals surface area contributed by atoms with Crippen LogP contribution < -0.4 is 0 Å². The second kappa shape index (κ2) is 8.67. The Bertz CT molecular complexity index is 108. The number of nitrogens with one attached hydrogen (secondary N) is 1. The molecular formula is C7H13ClN2. The smallest absolute Gasteiger partial charge is 0.0861 e. The summed E-state index contributed by atoms with van der Waals surface area (Å²) in [5.41, 5.74) is 0. The predicted octanol–water partition coefficient (Wildman–Crippen LogP) is 2.54. The van der Waals surface area contributed by atoms with Crippen LogP contribution in [0.15, 0.2) is 4.99 Å². The van der Waals surface area contributed by atoms with Gasteiger partial charge in [-0.2, -0.15) is 0 Å². The maximum absolute atomic E-state index is 6.48. The molecule has 0 aromatic carbocycles. The van der Waals surface area contributed by atoms with Crippen molar-refractivity contribution in [3.63, 3.8) is 0 Å². The highest BCUT2D eigenvalue weighted by Crippen LogP contribution is 2.00. The summed E-state index contributed by atoms with van der Waals surface area (Å²) in [6.45, 7) is 0.742. The Balaban J connectivity index is 2.83. The molecule has 0 unspecified atom stereocenters. The first-order valence-corrected chi connectivity index (χ1v) is 4.09. The van der Waals surface area contributed by atoms with E-state index < -0.39 is 0 Å². The standard InChI is InChI=1S/C7H13ClN2/c8-5-3-1-2-4-6-10-7-9/h9H,1-6H2. The molecule has 0 aliphatic heterocycles. The Kier molecular flexibility index (Phi) is 8.38. The van der Waals surface area contributed by atoms with Gasteiger partial charge in [-0.25, -0.2) is 10.4 Å². The Labute approximate surface area is 66.8 Å². The van der Waals surface area contributed by atoms with Gasteiger partial charge in [0.15, 0.2) is 0 Å². The third-order valence-electron chi connectivity index (χ3n) is 1.23. The van der Waals surface area contributed by atoms with Gasteiger partial charge < -0.3 is 0 Å². The van der Waals surface area contributed by atoms with Gasteiger partial charge in [-0.05, 0) is 12.8 Å². The molecule has 0 aliphatic rings. The predicted molar refractivity (Wildman–Crippen MR) is 44.2 cm³/mol. The van der Waals surface area contributed by atoms with Crippen LogP contribution in [0, 0.1) is 5.41 Å². The highest BCUT2D eigenvalue weighted by molar-refractivity contribution is 6.17. The van der Waals surface area contributed by atoms with Gasteiger partial charge in [0.25, 0.3) is 0 Å². The maximum atomic E-state index is 6.48. The van der Waals surface area contributed by atoms with Gasteiger partial charge in [0.05, 0.1) is 6.01 Å². The zero-order chi connectivity index (χ0) is 7.66. The second-order valence-electron chi connectivity index (χ2n) is 2.10. The quantitative estimate of drug-likeness (QED) is 0.352. The molecule has 3 heteroatoms. The van der Waals surface area contributed by atoms with Crippen LogP contribution in [-0.2, 0) is 0 Å². The number of rotatable bonds is 6. The first-order chi connectivity index (χ1) is 4.91. The zero-order valence-corrected chi connectivity index (χ0v) is 6.82. The summed E-state index contributed by atoms with van der Waals surface area (Å²) >= 11 is 5.48. The van der Waals surface area contributed by atoms with E-state index in [-0.39, 0.29) is 0 Å².